The van der Waals surface area contributed by atoms with Gasteiger partial charge in [-0.25, -0.2) is 0 Å². The molecular weight excluding hydrogens is 410 g/mol. The minimum absolute atomic E-state index is 0.134. The lowest BCUT2D eigenvalue weighted by atomic mass is 10.0. The van der Waals surface area contributed by atoms with Gasteiger partial charge in [0.15, 0.2) is 0 Å². The molecule has 1 atom stereocenters. The first-order chi connectivity index (χ1) is 15.6. The van der Waals surface area contributed by atoms with E-state index in [2.05, 4.69) is 36.4 Å². The van der Waals surface area contributed by atoms with Crippen molar-refractivity contribution in [2.24, 2.45) is 0 Å². The molecule has 1 aromatic carbocycles. The monoisotopic (exact) mass is 435 g/mol. The van der Waals surface area contributed by atoms with Crippen LogP contribution in [0.25, 0.3) is 0 Å². The van der Waals surface area contributed by atoms with Gasteiger partial charge in [0.1, 0.15) is 17.7 Å². The number of fused-ring (bicyclic) bond motifs is 2. The number of imide groups is 1. The van der Waals surface area contributed by atoms with Gasteiger partial charge in [-0.2, -0.15) is 0 Å². The second-order valence-electron chi connectivity index (χ2n) is 9.08. The number of rotatable bonds is 4. The highest BCUT2D eigenvalue weighted by Crippen LogP contribution is 2.29. The smallest absolute Gasteiger partial charge is 0.255 e. The van der Waals surface area contributed by atoms with Crippen molar-refractivity contribution >= 4 is 17.7 Å². The number of nitrogens with zero attached hydrogens (tertiary/aromatic N) is 5. The van der Waals surface area contributed by atoms with Crippen LogP contribution in [0.15, 0.2) is 18.2 Å². The predicted molar refractivity (Wildman–Crippen MR) is 112 cm³/mol. The van der Waals surface area contributed by atoms with E-state index in [9.17, 15) is 14.4 Å². The lowest BCUT2D eigenvalue weighted by Gasteiger charge is -2.31. The fourth-order valence-electron chi connectivity index (χ4n) is 5.12. The second-order valence-corrected chi connectivity index (χ2v) is 9.08. The lowest BCUT2D eigenvalue weighted by molar-refractivity contribution is -0.136. The van der Waals surface area contributed by atoms with E-state index in [0.717, 1.165) is 62.0 Å². The molecule has 32 heavy (non-hydrogen) atoms. The Labute approximate surface area is 185 Å². The molecular formula is C22H25N7O3. The molecule has 0 radical (unpaired) electrons. The van der Waals surface area contributed by atoms with E-state index in [1.165, 1.54) is 0 Å². The van der Waals surface area contributed by atoms with Crippen molar-refractivity contribution < 1.29 is 14.4 Å². The van der Waals surface area contributed by atoms with Crippen LogP contribution in [0.5, 0.6) is 0 Å². The van der Waals surface area contributed by atoms with E-state index in [4.69, 9.17) is 0 Å². The van der Waals surface area contributed by atoms with Crippen LogP contribution >= 0.6 is 0 Å². The molecule has 5 heterocycles. The zero-order valence-corrected chi connectivity index (χ0v) is 17.7. The maximum atomic E-state index is 12.9. The molecule has 2 saturated heterocycles. The number of benzene rings is 1. The average molecular weight is 435 g/mol. The molecule has 0 spiro atoms. The first-order valence-corrected chi connectivity index (χ1v) is 11.2. The van der Waals surface area contributed by atoms with Gasteiger partial charge in [0, 0.05) is 57.2 Å². The van der Waals surface area contributed by atoms with Crippen molar-refractivity contribution in [2.45, 2.75) is 51.0 Å². The van der Waals surface area contributed by atoms with E-state index in [0.29, 0.717) is 24.4 Å². The van der Waals surface area contributed by atoms with Gasteiger partial charge in [-0.3, -0.25) is 24.6 Å². The third kappa shape index (κ3) is 3.21. The quantitative estimate of drug-likeness (QED) is 0.637. The molecule has 0 aliphatic carbocycles. The van der Waals surface area contributed by atoms with E-state index in [-0.39, 0.29) is 24.1 Å². The third-order valence-electron chi connectivity index (χ3n) is 7.00. The number of aromatic nitrogens is 3. The topological polar surface area (TPSA) is 112 Å². The summed E-state index contributed by atoms with van der Waals surface area (Å²) in [6.07, 6.45) is 0.644. The summed E-state index contributed by atoms with van der Waals surface area (Å²) < 4.78 is 2.27. The summed E-state index contributed by atoms with van der Waals surface area (Å²) >= 11 is 0. The van der Waals surface area contributed by atoms with Crippen LogP contribution in [0.3, 0.4) is 0 Å². The molecule has 4 aliphatic heterocycles. The Kier molecular flexibility index (Phi) is 4.58. The van der Waals surface area contributed by atoms with Gasteiger partial charge in [0.05, 0.1) is 6.54 Å². The van der Waals surface area contributed by atoms with Crippen LogP contribution in [0.2, 0.25) is 0 Å². The van der Waals surface area contributed by atoms with Gasteiger partial charge in [-0.15, -0.1) is 10.2 Å². The molecule has 4 aliphatic rings. The fraction of sp³-hybridized carbons (Fsp3) is 0.500. The summed E-state index contributed by atoms with van der Waals surface area (Å²) in [7, 11) is 0. The standard InChI is InChI=1S/C22H25N7O3/c30-19-4-3-17(21(31)24-19)29-11-14-7-13(1-2-16(14)22(29)32)10-27-5-6-28-18(12-27)25-26-20(28)15-8-23-9-15/h1-2,7,15,17,23H,3-6,8-12H2,(H,24,30,31). The molecule has 2 aromatic rings. The normalized spacial score (nSPS) is 23.7. The van der Waals surface area contributed by atoms with E-state index >= 15 is 0 Å². The second kappa shape index (κ2) is 7.49. The molecule has 166 valence electrons. The number of piperidine rings is 1. The Balaban J connectivity index is 1.14. The summed E-state index contributed by atoms with van der Waals surface area (Å²) in [5, 5.41) is 14.5. The van der Waals surface area contributed by atoms with Gasteiger partial charge in [0.25, 0.3) is 5.91 Å². The molecule has 6 rings (SSSR count). The van der Waals surface area contributed by atoms with Crippen LogP contribution in [0.1, 0.15) is 51.9 Å². The minimum atomic E-state index is -0.579. The summed E-state index contributed by atoms with van der Waals surface area (Å²) in [6.45, 7) is 5.70. The first-order valence-electron chi connectivity index (χ1n) is 11.2. The summed E-state index contributed by atoms with van der Waals surface area (Å²) in [5.74, 6) is 1.81. The zero-order valence-electron chi connectivity index (χ0n) is 17.7. The van der Waals surface area contributed by atoms with Crippen LogP contribution in [-0.4, -0.2) is 68.0 Å². The Hall–Kier alpha value is -3.11. The highest BCUT2D eigenvalue weighted by molar-refractivity contribution is 6.05. The van der Waals surface area contributed by atoms with Crippen molar-refractivity contribution in [1.29, 1.82) is 0 Å². The Morgan fingerprint density at radius 1 is 1.06 bits per heavy atom. The number of hydrogen-bond acceptors (Lipinski definition) is 7. The van der Waals surface area contributed by atoms with Crippen LogP contribution in [0, 0.1) is 0 Å². The van der Waals surface area contributed by atoms with Gasteiger partial charge < -0.3 is 14.8 Å². The summed E-state index contributed by atoms with van der Waals surface area (Å²) in [5.41, 5.74) is 2.73. The van der Waals surface area contributed by atoms with Crippen molar-refractivity contribution in [2.75, 3.05) is 19.6 Å². The molecule has 0 bridgehead atoms. The fourth-order valence-corrected chi connectivity index (χ4v) is 5.12. The Morgan fingerprint density at radius 3 is 2.72 bits per heavy atom. The molecule has 2 fully saturated rings. The highest BCUT2D eigenvalue weighted by Gasteiger charge is 2.39. The molecule has 1 aromatic heterocycles. The van der Waals surface area contributed by atoms with Crippen LogP contribution < -0.4 is 10.6 Å². The minimum Gasteiger partial charge on any atom is -0.322 e. The molecule has 0 saturated carbocycles. The van der Waals surface area contributed by atoms with E-state index < -0.39 is 6.04 Å². The van der Waals surface area contributed by atoms with Crippen molar-refractivity contribution in [1.82, 2.24) is 35.2 Å². The van der Waals surface area contributed by atoms with Crippen LogP contribution in [-0.2, 0) is 35.8 Å². The van der Waals surface area contributed by atoms with Gasteiger partial charge >= 0.3 is 0 Å². The number of amides is 3. The van der Waals surface area contributed by atoms with Crippen LogP contribution in [0.4, 0.5) is 0 Å². The number of carbonyl (C=O) groups excluding carboxylic acids is 3. The van der Waals surface area contributed by atoms with Gasteiger partial charge in [-0.05, 0) is 23.6 Å². The number of hydrogen-bond donors (Lipinski definition) is 2. The summed E-state index contributed by atoms with van der Waals surface area (Å²) in [6, 6.07) is 5.36. The van der Waals surface area contributed by atoms with E-state index in [1.54, 1.807) is 4.90 Å². The maximum Gasteiger partial charge on any atom is 0.255 e. The number of carbonyl (C=O) groups is 3. The Morgan fingerprint density at radius 2 is 1.94 bits per heavy atom. The predicted octanol–water partition coefficient (Wildman–Crippen LogP) is -0.258. The molecule has 10 heteroatoms. The largest absolute Gasteiger partial charge is 0.322 e. The molecule has 3 amide bonds. The van der Waals surface area contributed by atoms with Crippen molar-refractivity contribution in [3.8, 4) is 0 Å². The van der Waals surface area contributed by atoms with E-state index in [1.807, 2.05) is 12.1 Å². The lowest BCUT2D eigenvalue weighted by Crippen LogP contribution is -2.52. The Bertz CT molecular complexity index is 1120. The molecule has 1 unspecified atom stereocenters. The van der Waals surface area contributed by atoms with Gasteiger partial charge in [0.2, 0.25) is 11.8 Å². The van der Waals surface area contributed by atoms with Crippen molar-refractivity contribution in [3.05, 3.63) is 46.5 Å². The SMILES string of the molecule is O=C1CCC(N2Cc3cc(CN4CCn5c(nnc5C5CNC5)C4)ccc3C2=O)C(=O)N1. The highest BCUT2D eigenvalue weighted by atomic mass is 16.2. The third-order valence-corrected chi connectivity index (χ3v) is 7.00. The molecule has 10 nitrogen and oxygen atoms in total. The van der Waals surface area contributed by atoms with Crippen molar-refractivity contribution in [3.63, 3.8) is 0 Å². The first kappa shape index (κ1) is 19.6. The maximum absolute atomic E-state index is 12.9. The zero-order chi connectivity index (χ0) is 21.8. The molecule has 2 N–H and O–H groups in total. The average Bonchev–Trinajstić information content (AvgIpc) is 3.28. The van der Waals surface area contributed by atoms with Gasteiger partial charge in [-0.1, -0.05) is 12.1 Å². The number of nitrogens with one attached hydrogen (secondary N) is 2. The summed E-state index contributed by atoms with van der Waals surface area (Å²) in [4.78, 5) is 40.5.